The summed E-state index contributed by atoms with van der Waals surface area (Å²) < 4.78 is 20.3. The molecule has 1 fully saturated rings. The van der Waals surface area contributed by atoms with Gasteiger partial charge in [0.25, 0.3) is 5.91 Å². The molecule has 4 rings (SSSR count). The van der Waals surface area contributed by atoms with Gasteiger partial charge >= 0.3 is 0 Å². The fourth-order valence-electron chi connectivity index (χ4n) is 3.30. The third kappa shape index (κ3) is 3.87. The molecule has 1 aliphatic rings. The van der Waals surface area contributed by atoms with Crippen LogP contribution in [0.4, 0.5) is 10.2 Å². The van der Waals surface area contributed by atoms with Crippen LogP contribution >= 0.6 is 0 Å². The predicted octanol–water partition coefficient (Wildman–Crippen LogP) is 2.65. The molecule has 0 radical (unpaired) electrons. The molecule has 0 saturated carbocycles. The third-order valence-corrected chi connectivity index (χ3v) is 4.88. The number of methoxy groups -OCH3 is 1. The molecule has 3 aromatic rings. The number of nitrogens with zero attached hydrogens (tertiary/aromatic N) is 5. The number of ether oxygens (including phenoxy) is 1. The summed E-state index contributed by atoms with van der Waals surface area (Å²) in [4.78, 5) is 28.5. The molecule has 148 valence electrons. The van der Waals surface area contributed by atoms with E-state index in [1.54, 1.807) is 60.7 Å². The van der Waals surface area contributed by atoms with Gasteiger partial charge in [-0.15, -0.1) is 0 Å². The van der Waals surface area contributed by atoms with Crippen molar-refractivity contribution in [3.05, 3.63) is 66.5 Å². The van der Waals surface area contributed by atoms with Crippen molar-refractivity contribution in [1.82, 2.24) is 19.9 Å². The van der Waals surface area contributed by atoms with Gasteiger partial charge in [-0.2, -0.15) is 0 Å². The van der Waals surface area contributed by atoms with E-state index in [0.717, 1.165) is 0 Å². The summed E-state index contributed by atoms with van der Waals surface area (Å²) in [6, 6.07) is 12.3. The molecule has 0 aliphatic carbocycles. The molecule has 1 aromatic carbocycles. The number of carbonyl (C=O) groups excluding carboxylic acids is 1. The topological polar surface area (TPSA) is 71.5 Å². The van der Waals surface area contributed by atoms with E-state index in [1.807, 2.05) is 4.90 Å². The van der Waals surface area contributed by atoms with E-state index < -0.39 is 5.82 Å². The maximum absolute atomic E-state index is 15.2. The summed E-state index contributed by atoms with van der Waals surface area (Å²) in [5, 5.41) is 0. The SMILES string of the molecule is COc1ccc(-c2ncnc(N3CCN(C(=O)c4ccccn4)CC3)c2F)cc1. The van der Waals surface area contributed by atoms with Crippen LogP contribution in [0.15, 0.2) is 55.0 Å². The molecule has 1 saturated heterocycles. The van der Waals surface area contributed by atoms with Gasteiger partial charge in [0, 0.05) is 37.9 Å². The highest BCUT2D eigenvalue weighted by molar-refractivity contribution is 5.92. The first-order valence-electron chi connectivity index (χ1n) is 9.27. The van der Waals surface area contributed by atoms with Crippen molar-refractivity contribution in [2.45, 2.75) is 0 Å². The summed E-state index contributed by atoms with van der Waals surface area (Å²) in [5.41, 5.74) is 1.30. The van der Waals surface area contributed by atoms with Gasteiger partial charge in [-0.3, -0.25) is 9.78 Å². The summed E-state index contributed by atoms with van der Waals surface area (Å²) in [5.74, 6) is 0.349. The van der Waals surface area contributed by atoms with Crippen molar-refractivity contribution in [2.24, 2.45) is 0 Å². The van der Waals surface area contributed by atoms with Crippen LogP contribution in [0.25, 0.3) is 11.3 Å². The number of hydrogen-bond acceptors (Lipinski definition) is 6. The molecule has 1 aliphatic heterocycles. The molecule has 0 atom stereocenters. The number of piperazine rings is 1. The van der Waals surface area contributed by atoms with E-state index in [2.05, 4.69) is 15.0 Å². The van der Waals surface area contributed by atoms with Gasteiger partial charge < -0.3 is 14.5 Å². The van der Waals surface area contributed by atoms with Crippen LogP contribution in [0.5, 0.6) is 5.75 Å². The standard InChI is InChI=1S/C21H20FN5O2/c1-29-16-7-5-15(6-8-16)19-18(22)20(25-14-24-19)26-10-12-27(13-11-26)21(28)17-4-2-3-9-23-17/h2-9,14H,10-13H2,1H3. The number of halogens is 1. The van der Waals surface area contributed by atoms with E-state index in [0.29, 0.717) is 43.2 Å². The highest BCUT2D eigenvalue weighted by Crippen LogP contribution is 2.28. The van der Waals surface area contributed by atoms with Gasteiger partial charge in [-0.1, -0.05) is 6.07 Å². The lowest BCUT2D eigenvalue weighted by Crippen LogP contribution is -2.49. The summed E-state index contributed by atoms with van der Waals surface area (Å²) in [6.07, 6.45) is 2.96. The second-order valence-corrected chi connectivity index (χ2v) is 6.58. The fraction of sp³-hybridized carbons (Fsp3) is 0.238. The lowest BCUT2D eigenvalue weighted by atomic mass is 10.1. The molecule has 29 heavy (non-hydrogen) atoms. The number of anilines is 1. The maximum Gasteiger partial charge on any atom is 0.272 e. The molecule has 3 heterocycles. The average Bonchev–Trinajstić information content (AvgIpc) is 2.80. The molecule has 1 amide bonds. The number of pyridine rings is 1. The first-order chi connectivity index (χ1) is 14.2. The molecule has 2 aromatic heterocycles. The maximum atomic E-state index is 15.2. The van der Waals surface area contributed by atoms with Crippen LogP contribution in [0.2, 0.25) is 0 Å². The van der Waals surface area contributed by atoms with Gasteiger partial charge in [-0.05, 0) is 36.4 Å². The van der Waals surface area contributed by atoms with E-state index in [-0.39, 0.29) is 17.4 Å². The van der Waals surface area contributed by atoms with Crippen LogP contribution < -0.4 is 9.64 Å². The third-order valence-electron chi connectivity index (χ3n) is 4.88. The normalized spacial score (nSPS) is 14.0. The number of aromatic nitrogens is 3. The van der Waals surface area contributed by atoms with Crippen LogP contribution in [-0.2, 0) is 0 Å². The Hall–Kier alpha value is -3.55. The van der Waals surface area contributed by atoms with Crippen molar-refractivity contribution >= 4 is 11.7 Å². The molecular formula is C21H20FN5O2. The highest BCUT2D eigenvalue weighted by Gasteiger charge is 2.26. The van der Waals surface area contributed by atoms with E-state index in [4.69, 9.17) is 4.74 Å². The van der Waals surface area contributed by atoms with Crippen LogP contribution in [0.1, 0.15) is 10.5 Å². The van der Waals surface area contributed by atoms with Gasteiger partial charge in [0.1, 0.15) is 23.5 Å². The largest absolute Gasteiger partial charge is 0.497 e. The first kappa shape index (κ1) is 18.8. The zero-order valence-corrected chi connectivity index (χ0v) is 16.0. The molecule has 0 bridgehead atoms. The number of benzene rings is 1. The summed E-state index contributed by atoms with van der Waals surface area (Å²) >= 11 is 0. The van der Waals surface area contributed by atoms with E-state index in [1.165, 1.54) is 6.33 Å². The zero-order valence-electron chi connectivity index (χ0n) is 16.0. The quantitative estimate of drug-likeness (QED) is 0.679. The second-order valence-electron chi connectivity index (χ2n) is 6.58. The first-order valence-corrected chi connectivity index (χ1v) is 9.27. The van der Waals surface area contributed by atoms with E-state index in [9.17, 15) is 4.79 Å². The minimum atomic E-state index is -0.470. The Morgan fingerprint density at radius 3 is 2.41 bits per heavy atom. The van der Waals surface area contributed by atoms with Crippen molar-refractivity contribution in [1.29, 1.82) is 0 Å². The van der Waals surface area contributed by atoms with Crippen molar-refractivity contribution < 1.29 is 13.9 Å². The second kappa shape index (κ2) is 8.22. The Balaban J connectivity index is 1.49. The number of carbonyl (C=O) groups is 1. The smallest absolute Gasteiger partial charge is 0.272 e. The van der Waals surface area contributed by atoms with Gasteiger partial charge in [0.2, 0.25) is 0 Å². The highest BCUT2D eigenvalue weighted by atomic mass is 19.1. The molecular weight excluding hydrogens is 373 g/mol. The van der Waals surface area contributed by atoms with Crippen molar-refractivity contribution in [3.63, 3.8) is 0 Å². The van der Waals surface area contributed by atoms with Crippen LogP contribution in [-0.4, -0.2) is 59.0 Å². The molecule has 0 spiro atoms. The lowest BCUT2D eigenvalue weighted by molar-refractivity contribution is 0.0740. The number of hydrogen-bond donors (Lipinski definition) is 0. The van der Waals surface area contributed by atoms with Gasteiger partial charge in [0.15, 0.2) is 11.6 Å². The fourth-order valence-corrected chi connectivity index (χ4v) is 3.30. The Morgan fingerprint density at radius 1 is 1.00 bits per heavy atom. The Kier molecular flexibility index (Phi) is 5.33. The van der Waals surface area contributed by atoms with E-state index >= 15 is 4.39 Å². The van der Waals surface area contributed by atoms with Gasteiger partial charge in [-0.25, -0.2) is 14.4 Å². The van der Waals surface area contributed by atoms with Crippen LogP contribution in [0, 0.1) is 5.82 Å². The molecule has 8 heteroatoms. The zero-order chi connectivity index (χ0) is 20.2. The monoisotopic (exact) mass is 393 g/mol. The van der Waals surface area contributed by atoms with Crippen molar-refractivity contribution in [3.8, 4) is 17.0 Å². The molecule has 0 N–H and O–H groups in total. The lowest BCUT2D eigenvalue weighted by Gasteiger charge is -2.35. The van der Waals surface area contributed by atoms with Crippen molar-refractivity contribution in [2.75, 3.05) is 38.2 Å². The number of amides is 1. The molecule has 7 nitrogen and oxygen atoms in total. The average molecular weight is 393 g/mol. The van der Waals surface area contributed by atoms with Crippen LogP contribution in [0.3, 0.4) is 0 Å². The number of rotatable bonds is 4. The minimum absolute atomic E-state index is 0.118. The summed E-state index contributed by atoms with van der Waals surface area (Å²) in [7, 11) is 1.58. The summed E-state index contributed by atoms with van der Waals surface area (Å²) in [6.45, 7) is 1.90. The van der Waals surface area contributed by atoms with Gasteiger partial charge in [0.05, 0.1) is 7.11 Å². The molecule has 0 unspecified atom stereocenters. The minimum Gasteiger partial charge on any atom is -0.497 e. The predicted molar refractivity (Wildman–Crippen MR) is 106 cm³/mol. The Labute approximate surface area is 167 Å². The Bertz CT molecular complexity index is 990. The Morgan fingerprint density at radius 2 is 1.76 bits per heavy atom.